The van der Waals surface area contributed by atoms with E-state index < -0.39 is 5.54 Å². The molecule has 1 heterocycles. The molecule has 0 aromatic heterocycles. The molecule has 0 aromatic rings. The maximum absolute atomic E-state index is 11.6. The fourth-order valence-electron chi connectivity index (χ4n) is 2.62. The van der Waals surface area contributed by atoms with Crippen LogP contribution < -0.4 is 11.1 Å². The van der Waals surface area contributed by atoms with Gasteiger partial charge in [-0.1, -0.05) is 13.8 Å². The van der Waals surface area contributed by atoms with Crippen molar-refractivity contribution in [1.82, 2.24) is 15.1 Å². The van der Waals surface area contributed by atoms with Crippen molar-refractivity contribution >= 4 is 5.91 Å². The van der Waals surface area contributed by atoms with E-state index in [4.69, 9.17) is 5.73 Å². The zero-order valence-corrected chi connectivity index (χ0v) is 12.7. The van der Waals surface area contributed by atoms with Gasteiger partial charge in [0.25, 0.3) is 0 Å². The third kappa shape index (κ3) is 5.09. The highest BCUT2D eigenvalue weighted by Crippen LogP contribution is 2.11. The fraction of sp³-hybridized carbons (Fsp3) is 0.929. The van der Waals surface area contributed by atoms with Crippen LogP contribution in [0.1, 0.15) is 33.6 Å². The van der Waals surface area contributed by atoms with Gasteiger partial charge in [-0.3, -0.25) is 4.79 Å². The standard InChI is InChI=1S/C14H30N4O/c1-4-7-17-9-11-18(12-10-17)8-6-14(3,13(15)19)16-5-2/h16H,4-12H2,1-3H3,(H2,15,19). The Morgan fingerprint density at radius 2 is 1.68 bits per heavy atom. The monoisotopic (exact) mass is 270 g/mol. The highest BCUT2D eigenvalue weighted by Gasteiger charge is 2.30. The van der Waals surface area contributed by atoms with Gasteiger partial charge in [-0.05, 0) is 32.9 Å². The maximum atomic E-state index is 11.6. The lowest BCUT2D eigenvalue weighted by molar-refractivity contribution is -0.124. The lowest BCUT2D eigenvalue weighted by Gasteiger charge is -2.36. The Hall–Kier alpha value is -0.650. The molecule has 0 saturated carbocycles. The summed E-state index contributed by atoms with van der Waals surface area (Å²) in [6.45, 7) is 13.5. The second-order valence-electron chi connectivity index (χ2n) is 5.66. The fourth-order valence-corrected chi connectivity index (χ4v) is 2.62. The Bertz CT molecular complexity index is 277. The molecule has 0 bridgehead atoms. The molecule has 1 amide bonds. The molecule has 5 heteroatoms. The largest absolute Gasteiger partial charge is 0.368 e. The van der Waals surface area contributed by atoms with E-state index in [0.717, 1.165) is 45.7 Å². The van der Waals surface area contributed by atoms with Crippen molar-refractivity contribution in [2.45, 2.75) is 39.2 Å². The van der Waals surface area contributed by atoms with E-state index in [0.29, 0.717) is 0 Å². The number of carbonyl (C=O) groups is 1. The normalized spacial score (nSPS) is 21.2. The highest BCUT2D eigenvalue weighted by atomic mass is 16.1. The summed E-state index contributed by atoms with van der Waals surface area (Å²) in [5.74, 6) is -0.251. The Kier molecular flexibility index (Phi) is 6.75. The van der Waals surface area contributed by atoms with Crippen LogP contribution in [-0.4, -0.2) is 67.1 Å². The molecular formula is C14H30N4O. The SMILES string of the molecule is CCCN1CCN(CCC(C)(NCC)C(N)=O)CC1. The van der Waals surface area contributed by atoms with Gasteiger partial charge in [0.15, 0.2) is 0 Å². The number of nitrogens with one attached hydrogen (secondary N) is 1. The molecule has 1 saturated heterocycles. The number of hydrogen-bond donors (Lipinski definition) is 2. The molecule has 1 fully saturated rings. The van der Waals surface area contributed by atoms with Crippen molar-refractivity contribution in [3.05, 3.63) is 0 Å². The quantitative estimate of drug-likeness (QED) is 0.664. The van der Waals surface area contributed by atoms with Crippen LogP contribution >= 0.6 is 0 Å². The number of nitrogens with zero attached hydrogens (tertiary/aromatic N) is 2. The van der Waals surface area contributed by atoms with Gasteiger partial charge in [-0.2, -0.15) is 0 Å². The third-order valence-corrected chi connectivity index (χ3v) is 4.04. The summed E-state index contributed by atoms with van der Waals surface area (Å²) >= 11 is 0. The zero-order valence-electron chi connectivity index (χ0n) is 12.7. The van der Waals surface area contributed by atoms with Crippen LogP contribution in [0, 0.1) is 0 Å². The zero-order chi connectivity index (χ0) is 14.3. The molecule has 1 rings (SSSR count). The summed E-state index contributed by atoms with van der Waals surface area (Å²) in [6.07, 6.45) is 2.00. The van der Waals surface area contributed by atoms with Crippen LogP contribution in [0.5, 0.6) is 0 Å². The summed E-state index contributed by atoms with van der Waals surface area (Å²) in [7, 11) is 0. The van der Waals surface area contributed by atoms with Gasteiger partial charge in [0.05, 0.1) is 5.54 Å². The first-order chi connectivity index (χ1) is 9.01. The summed E-state index contributed by atoms with van der Waals surface area (Å²) in [5.41, 5.74) is 4.93. The molecule has 19 heavy (non-hydrogen) atoms. The Labute approximate surface area is 117 Å². The molecule has 1 atom stereocenters. The van der Waals surface area contributed by atoms with Crippen LogP contribution in [0.25, 0.3) is 0 Å². The molecule has 0 aromatic carbocycles. The minimum atomic E-state index is -0.574. The Morgan fingerprint density at radius 1 is 1.16 bits per heavy atom. The van der Waals surface area contributed by atoms with Crippen LogP contribution in [0.2, 0.25) is 0 Å². The summed E-state index contributed by atoms with van der Waals surface area (Å²) in [5, 5.41) is 3.22. The van der Waals surface area contributed by atoms with Crippen molar-refractivity contribution < 1.29 is 4.79 Å². The van der Waals surface area contributed by atoms with E-state index in [-0.39, 0.29) is 5.91 Å². The van der Waals surface area contributed by atoms with E-state index in [9.17, 15) is 4.79 Å². The van der Waals surface area contributed by atoms with Gasteiger partial charge < -0.3 is 20.9 Å². The van der Waals surface area contributed by atoms with Gasteiger partial charge in [0, 0.05) is 32.7 Å². The number of rotatable bonds is 8. The Balaban J connectivity index is 2.34. The van der Waals surface area contributed by atoms with E-state index in [1.807, 2.05) is 13.8 Å². The molecule has 5 nitrogen and oxygen atoms in total. The number of likely N-dealkylation sites (N-methyl/N-ethyl adjacent to an activating group) is 1. The van der Waals surface area contributed by atoms with Gasteiger partial charge >= 0.3 is 0 Å². The number of hydrogen-bond acceptors (Lipinski definition) is 4. The molecular weight excluding hydrogens is 240 g/mol. The van der Waals surface area contributed by atoms with Gasteiger partial charge in [0.1, 0.15) is 0 Å². The van der Waals surface area contributed by atoms with Gasteiger partial charge in [0.2, 0.25) is 5.91 Å². The van der Waals surface area contributed by atoms with Gasteiger partial charge in [-0.25, -0.2) is 0 Å². The second-order valence-corrected chi connectivity index (χ2v) is 5.66. The molecule has 3 N–H and O–H groups in total. The summed E-state index contributed by atoms with van der Waals surface area (Å²) in [6, 6.07) is 0. The van der Waals surface area contributed by atoms with Crippen molar-refractivity contribution in [2.75, 3.05) is 45.8 Å². The predicted octanol–water partition coefficient (Wildman–Crippen LogP) is 0.258. The number of carbonyl (C=O) groups excluding carboxylic acids is 1. The number of nitrogens with two attached hydrogens (primary N) is 1. The van der Waals surface area contributed by atoms with E-state index in [1.165, 1.54) is 13.0 Å². The molecule has 1 aliphatic rings. The van der Waals surface area contributed by atoms with Crippen LogP contribution in [0.4, 0.5) is 0 Å². The molecule has 112 valence electrons. The topological polar surface area (TPSA) is 61.6 Å². The molecule has 0 aliphatic carbocycles. The lowest BCUT2D eigenvalue weighted by Crippen LogP contribution is -2.55. The summed E-state index contributed by atoms with van der Waals surface area (Å²) in [4.78, 5) is 16.5. The molecule has 0 radical (unpaired) electrons. The lowest BCUT2D eigenvalue weighted by atomic mass is 9.96. The highest BCUT2D eigenvalue weighted by molar-refractivity contribution is 5.84. The molecule has 1 aliphatic heterocycles. The van der Waals surface area contributed by atoms with Crippen molar-refractivity contribution in [3.8, 4) is 0 Å². The van der Waals surface area contributed by atoms with Gasteiger partial charge in [-0.15, -0.1) is 0 Å². The van der Waals surface area contributed by atoms with Crippen molar-refractivity contribution in [2.24, 2.45) is 5.73 Å². The number of primary amides is 1. The smallest absolute Gasteiger partial charge is 0.237 e. The maximum Gasteiger partial charge on any atom is 0.237 e. The second kappa shape index (κ2) is 7.82. The summed E-state index contributed by atoms with van der Waals surface area (Å²) < 4.78 is 0. The first-order valence-electron chi connectivity index (χ1n) is 7.51. The van der Waals surface area contributed by atoms with E-state index >= 15 is 0 Å². The minimum absolute atomic E-state index is 0.251. The first kappa shape index (κ1) is 16.4. The van der Waals surface area contributed by atoms with Crippen LogP contribution in [-0.2, 0) is 4.79 Å². The van der Waals surface area contributed by atoms with Crippen LogP contribution in [0.15, 0.2) is 0 Å². The van der Waals surface area contributed by atoms with Crippen molar-refractivity contribution in [1.29, 1.82) is 0 Å². The minimum Gasteiger partial charge on any atom is -0.368 e. The van der Waals surface area contributed by atoms with E-state index in [1.54, 1.807) is 0 Å². The average Bonchev–Trinajstić information content (AvgIpc) is 2.38. The first-order valence-corrected chi connectivity index (χ1v) is 7.51. The molecule has 0 spiro atoms. The number of piperazine rings is 1. The average molecular weight is 270 g/mol. The van der Waals surface area contributed by atoms with Crippen LogP contribution in [0.3, 0.4) is 0 Å². The predicted molar refractivity (Wildman–Crippen MR) is 79.1 cm³/mol. The van der Waals surface area contributed by atoms with Crippen molar-refractivity contribution in [3.63, 3.8) is 0 Å². The molecule has 1 unspecified atom stereocenters. The third-order valence-electron chi connectivity index (χ3n) is 4.04. The number of amides is 1. The Morgan fingerprint density at radius 3 is 2.11 bits per heavy atom. The van der Waals surface area contributed by atoms with E-state index in [2.05, 4.69) is 22.0 Å².